The van der Waals surface area contributed by atoms with Gasteiger partial charge in [-0.3, -0.25) is 4.79 Å². The highest BCUT2D eigenvalue weighted by Crippen LogP contribution is 2.16. The minimum atomic E-state index is -0.307. The van der Waals surface area contributed by atoms with Crippen LogP contribution in [0.4, 0.5) is 0 Å². The lowest BCUT2D eigenvalue weighted by Gasteiger charge is -2.18. The summed E-state index contributed by atoms with van der Waals surface area (Å²) in [5.41, 5.74) is 2.49. The number of halogens is 1. The van der Waals surface area contributed by atoms with Gasteiger partial charge in [0.05, 0.1) is 7.11 Å². The number of rotatable bonds is 5. The van der Waals surface area contributed by atoms with E-state index < -0.39 is 0 Å². The zero-order valence-electron chi connectivity index (χ0n) is 10.4. The number of carbonyl (C=O) groups is 1. The molecule has 0 aromatic heterocycles. The maximum atomic E-state index is 11.2. The number of carbonyl (C=O) groups excluding carboxylic acids is 1. The van der Waals surface area contributed by atoms with Gasteiger partial charge in [-0.1, -0.05) is 40.2 Å². The molecule has 1 aromatic rings. The first kappa shape index (κ1) is 14.2. The van der Waals surface area contributed by atoms with Gasteiger partial charge in [0.25, 0.3) is 0 Å². The van der Waals surface area contributed by atoms with Crippen molar-refractivity contribution in [3.63, 3.8) is 0 Å². The van der Waals surface area contributed by atoms with E-state index in [1.165, 1.54) is 18.2 Å². The first-order chi connectivity index (χ1) is 8.06. The average molecular weight is 300 g/mol. The smallest absolute Gasteiger partial charge is 0.320 e. The zero-order valence-corrected chi connectivity index (χ0v) is 12.0. The Morgan fingerprint density at radius 1 is 1.47 bits per heavy atom. The fourth-order valence-corrected chi connectivity index (χ4v) is 2.05. The first-order valence-corrected chi connectivity index (χ1v) is 6.48. The summed E-state index contributed by atoms with van der Waals surface area (Å²) in [5, 5.41) is 3.31. The van der Waals surface area contributed by atoms with E-state index in [2.05, 4.69) is 52.0 Å². The second-order valence-electron chi connectivity index (χ2n) is 3.98. The number of hydrogen-bond acceptors (Lipinski definition) is 3. The highest BCUT2D eigenvalue weighted by molar-refractivity contribution is 9.10. The molecule has 0 spiro atoms. The number of ether oxygens (including phenoxy) is 1. The molecule has 1 unspecified atom stereocenters. The van der Waals surface area contributed by atoms with E-state index >= 15 is 0 Å². The van der Waals surface area contributed by atoms with Crippen LogP contribution in [0.2, 0.25) is 0 Å². The van der Waals surface area contributed by atoms with Crippen LogP contribution < -0.4 is 5.32 Å². The lowest BCUT2D eigenvalue weighted by molar-refractivity contribution is -0.139. The molecule has 2 atom stereocenters. The molecule has 0 saturated heterocycles. The molecule has 94 valence electrons. The van der Waals surface area contributed by atoms with Crippen LogP contribution in [0.25, 0.3) is 0 Å². The third kappa shape index (κ3) is 4.13. The largest absolute Gasteiger partial charge is 0.468 e. The summed E-state index contributed by atoms with van der Waals surface area (Å²) < 4.78 is 4.65. The van der Waals surface area contributed by atoms with Gasteiger partial charge in [0.2, 0.25) is 0 Å². The number of nitrogens with one attached hydrogen (secondary N) is 1. The van der Waals surface area contributed by atoms with E-state index in [-0.39, 0.29) is 16.8 Å². The number of esters is 1. The Hall–Kier alpha value is -0.870. The van der Waals surface area contributed by atoms with Crippen LogP contribution in [-0.2, 0) is 9.53 Å². The minimum absolute atomic E-state index is 0.209. The third-order valence-corrected chi connectivity index (χ3v) is 3.41. The monoisotopic (exact) mass is 299 g/mol. The molecule has 3 nitrogen and oxygen atoms in total. The van der Waals surface area contributed by atoms with Gasteiger partial charge >= 0.3 is 5.97 Å². The van der Waals surface area contributed by atoms with Crippen molar-refractivity contribution in [3.05, 3.63) is 35.4 Å². The molecule has 1 N–H and O–H groups in total. The van der Waals surface area contributed by atoms with Crippen LogP contribution in [0.15, 0.2) is 24.3 Å². The average Bonchev–Trinajstić information content (AvgIpc) is 2.35. The summed E-state index contributed by atoms with van der Waals surface area (Å²) in [6, 6.07) is 8.42. The van der Waals surface area contributed by atoms with Crippen molar-refractivity contribution in [2.45, 2.75) is 24.7 Å². The molecule has 0 amide bonds. The van der Waals surface area contributed by atoms with Crippen molar-refractivity contribution in [1.82, 2.24) is 5.32 Å². The van der Waals surface area contributed by atoms with Crippen LogP contribution >= 0.6 is 15.9 Å². The van der Waals surface area contributed by atoms with Crippen LogP contribution in [0.5, 0.6) is 0 Å². The second kappa shape index (κ2) is 6.77. The number of benzene rings is 1. The van der Waals surface area contributed by atoms with E-state index in [0.29, 0.717) is 6.54 Å². The number of aryl methyl sites for hydroxylation is 1. The Labute approximate surface area is 111 Å². The Morgan fingerprint density at radius 2 is 2.12 bits per heavy atom. The van der Waals surface area contributed by atoms with Gasteiger partial charge < -0.3 is 10.1 Å². The van der Waals surface area contributed by atoms with E-state index in [9.17, 15) is 4.79 Å². The first-order valence-electron chi connectivity index (χ1n) is 5.57. The van der Waals surface area contributed by atoms with Gasteiger partial charge in [0, 0.05) is 12.6 Å². The molecule has 17 heavy (non-hydrogen) atoms. The van der Waals surface area contributed by atoms with Crippen LogP contribution in [0.3, 0.4) is 0 Å². The van der Waals surface area contributed by atoms with Crippen molar-refractivity contribution in [1.29, 1.82) is 0 Å². The molecule has 4 heteroatoms. The highest BCUT2D eigenvalue weighted by Gasteiger charge is 2.16. The number of hydrogen-bond donors (Lipinski definition) is 1. The maximum Gasteiger partial charge on any atom is 0.320 e. The Bertz CT molecular complexity index is 381. The molecule has 0 bridgehead atoms. The molecule has 1 rings (SSSR count). The fourth-order valence-electron chi connectivity index (χ4n) is 1.67. The molecule has 0 fully saturated rings. The predicted molar refractivity (Wildman–Crippen MR) is 72.3 cm³/mol. The number of methoxy groups -OCH3 is 1. The summed E-state index contributed by atoms with van der Waals surface area (Å²) >= 11 is 3.29. The zero-order chi connectivity index (χ0) is 12.8. The molecule has 0 radical (unpaired) electrons. The quantitative estimate of drug-likeness (QED) is 0.671. The van der Waals surface area contributed by atoms with Gasteiger partial charge in [-0.05, 0) is 25.0 Å². The summed E-state index contributed by atoms with van der Waals surface area (Å²) in [6.07, 6.45) is 0. The Balaban J connectivity index is 2.53. The normalized spacial score (nSPS) is 14.1. The summed E-state index contributed by atoms with van der Waals surface area (Å²) in [4.78, 5) is 10.9. The molecule has 0 aliphatic rings. The van der Waals surface area contributed by atoms with Crippen LogP contribution in [-0.4, -0.2) is 24.5 Å². The van der Waals surface area contributed by atoms with Crippen molar-refractivity contribution < 1.29 is 9.53 Å². The SMILES string of the molecule is COC(=O)C(Br)CN[C@@H](C)c1ccccc1C. The molecule has 0 heterocycles. The van der Waals surface area contributed by atoms with Crippen molar-refractivity contribution in [2.24, 2.45) is 0 Å². The lowest BCUT2D eigenvalue weighted by atomic mass is 10.0. The fraction of sp³-hybridized carbons (Fsp3) is 0.462. The van der Waals surface area contributed by atoms with E-state index in [1.54, 1.807) is 0 Å². The summed E-state index contributed by atoms with van der Waals surface area (Å²) in [5.74, 6) is -0.255. The van der Waals surface area contributed by atoms with Gasteiger partial charge in [-0.15, -0.1) is 0 Å². The molecule has 0 saturated carbocycles. The third-order valence-electron chi connectivity index (χ3n) is 2.72. The maximum absolute atomic E-state index is 11.2. The summed E-state index contributed by atoms with van der Waals surface area (Å²) in [6.45, 7) is 4.71. The van der Waals surface area contributed by atoms with Crippen molar-refractivity contribution in [2.75, 3.05) is 13.7 Å². The second-order valence-corrected chi connectivity index (χ2v) is 5.08. The molecular formula is C13H18BrNO2. The van der Waals surface area contributed by atoms with E-state index in [0.717, 1.165) is 0 Å². The topological polar surface area (TPSA) is 38.3 Å². The van der Waals surface area contributed by atoms with Crippen molar-refractivity contribution >= 4 is 21.9 Å². The van der Waals surface area contributed by atoms with E-state index in [1.807, 2.05) is 12.1 Å². The standard InChI is InChI=1S/C13H18BrNO2/c1-9-6-4-5-7-11(9)10(2)15-8-12(14)13(16)17-3/h4-7,10,12,15H,8H2,1-3H3/t10-,12?/m0/s1. The highest BCUT2D eigenvalue weighted by atomic mass is 79.9. The van der Waals surface area contributed by atoms with Gasteiger partial charge in [-0.2, -0.15) is 0 Å². The van der Waals surface area contributed by atoms with E-state index in [4.69, 9.17) is 0 Å². The van der Waals surface area contributed by atoms with Gasteiger partial charge in [0.15, 0.2) is 0 Å². The van der Waals surface area contributed by atoms with Gasteiger partial charge in [0.1, 0.15) is 4.83 Å². The summed E-state index contributed by atoms with van der Waals surface area (Å²) in [7, 11) is 1.39. The lowest BCUT2D eigenvalue weighted by Crippen LogP contribution is -2.31. The predicted octanol–water partition coefficient (Wildman–Crippen LogP) is 2.58. The molecule has 1 aromatic carbocycles. The number of alkyl halides is 1. The van der Waals surface area contributed by atoms with Crippen LogP contribution in [0, 0.1) is 6.92 Å². The molecular weight excluding hydrogens is 282 g/mol. The minimum Gasteiger partial charge on any atom is -0.468 e. The Kier molecular flexibility index (Phi) is 5.65. The Morgan fingerprint density at radius 3 is 2.71 bits per heavy atom. The molecule has 0 aliphatic heterocycles. The van der Waals surface area contributed by atoms with Crippen molar-refractivity contribution in [3.8, 4) is 0 Å². The molecule has 0 aliphatic carbocycles. The van der Waals surface area contributed by atoms with Crippen LogP contribution in [0.1, 0.15) is 24.1 Å². The van der Waals surface area contributed by atoms with Gasteiger partial charge in [-0.25, -0.2) is 0 Å².